The third kappa shape index (κ3) is 4.16. The zero-order valence-corrected chi connectivity index (χ0v) is 16.5. The first-order chi connectivity index (χ1) is 15.1. The van der Waals surface area contributed by atoms with Gasteiger partial charge in [-0.1, -0.05) is 0 Å². The normalized spacial score (nSPS) is 15.6. The SMILES string of the molecule is Nc1ncc(-c2cc(N3CCOCC3)nc(Nc3ccc4c(c3)OCC(=O)N4)n2)cn1. The fourth-order valence-electron chi connectivity index (χ4n) is 3.34. The molecule has 2 aliphatic heterocycles. The number of nitrogens with two attached hydrogens (primary N) is 1. The van der Waals surface area contributed by atoms with Gasteiger partial charge in [-0.25, -0.2) is 15.0 Å². The summed E-state index contributed by atoms with van der Waals surface area (Å²) < 4.78 is 11.0. The van der Waals surface area contributed by atoms with E-state index in [4.69, 9.17) is 20.2 Å². The molecule has 0 aliphatic carbocycles. The van der Waals surface area contributed by atoms with Crippen LogP contribution >= 0.6 is 0 Å². The Balaban J connectivity index is 1.49. The van der Waals surface area contributed by atoms with Crippen molar-refractivity contribution >= 4 is 35.0 Å². The van der Waals surface area contributed by atoms with E-state index >= 15 is 0 Å². The lowest BCUT2D eigenvalue weighted by Crippen LogP contribution is -2.36. The molecule has 158 valence electrons. The van der Waals surface area contributed by atoms with Crippen LogP contribution < -0.4 is 26.0 Å². The minimum Gasteiger partial charge on any atom is -0.482 e. The zero-order chi connectivity index (χ0) is 21.2. The van der Waals surface area contributed by atoms with Crippen LogP contribution in [0.25, 0.3) is 11.3 Å². The van der Waals surface area contributed by atoms with Crippen LogP contribution in [0.2, 0.25) is 0 Å². The topological polar surface area (TPSA) is 140 Å². The number of fused-ring (bicyclic) bond motifs is 1. The summed E-state index contributed by atoms with van der Waals surface area (Å²) >= 11 is 0. The Kier molecular flexibility index (Phi) is 4.92. The highest BCUT2D eigenvalue weighted by Gasteiger charge is 2.18. The van der Waals surface area contributed by atoms with Crippen LogP contribution in [0.15, 0.2) is 36.7 Å². The molecule has 1 saturated heterocycles. The van der Waals surface area contributed by atoms with Gasteiger partial charge in [0.05, 0.1) is 24.6 Å². The second-order valence-corrected chi connectivity index (χ2v) is 7.04. The lowest BCUT2D eigenvalue weighted by atomic mass is 10.2. The molecule has 0 spiro atoms. The molecule has 11 nitrogen and oxygen atoms in total. The van der Waals surface area contributed by atoms with Gasteiger partial charge < -0.3 is 30.7 Å². The number of amides is 1. The molecule has 0 bridgehead atoms. The van der Waals surface area contributed by atoms with E-state index in [1.54, 1.807) is 24.5 Å². The number of nitrogen functional groups attached to an aromatic ring is 1. The van der Waals surface area contributed by atoms with Crippen molar-refractivity contribution in [2.75, 3.05) is 54.2 Å². The van der Waals surface area contributed by atoms with E-state index in [2.05, 4.69) is 30.5 Å². The Morgan fingerprint density at radius 1 is 1.10 bits per heavy atom. The average molecular weight is 420 g/mol. The number of hydrogen-bond donors (Lipinski definition) is 3. The Morgan fingerprint density at radius 3 is 2.71 bits per heavy atom. The highest BCUT2D eigenvalue weighted by Crippen LogP contribution is 2.32. The van der Waals surface area contributed by atoms with Gasteiger partial charge in [0, 0.05) is 48.9 Å². The number of carbonyl (C=O) groups is 1. The maximum atomic E-state index is 11.5. The Labute approximate surface area is 177 Å². The van der Waals surface area contributed by atoms with E-state index in [0.717, 1.165) is 30.2 Å². The fraction of sp³-hybridized carbons (Fsp3) is 0.250. The number of rotatable bonds is 4. The molecule has 4 heterocycles. The molecule has 0 unspecified atom stereocenters. The van der Waals surface area contributed by atoms with Gasteiger partial charge in [-0.3, -0.25) is 4.79 Å². The predicted molar refractivity (Wildman–Crippen MR) is 114 cm³/mol. The van der Waals surface area contributed by atoms with E-state index in [0.29, 0.717) is 36.3 Å². The van der Waals surface area contributed by atoms with Gasteiger partial charge in [-0.2, -0.15) is 4.98 Å². The van der Waals surface area contributed by atoms with Gasteiger partial charge in [-0.05, 0) is 12.1 Å². The summed E-state index contributed by atoms with van der Waals surface area (Å²) in [4.78, 5) is 31.1. The number of anilines is 5. The number of carbonyl (C=O) groups excluding carboxylic acids is 1. The molecule has 0 saturated carbocycles. The fourth-order valence-corrected chi connectivity index (χ4v) is 3.34. The van der Waals surface area contributed by atoms with Crippen LogP contribution in [-0.4, -0.2) is 58.8 Å². The highest BCUT2D eigenvalue weighted by atomic mass is 16.5. The average Bonchev–Trinajstić information content (AvgIpc) is 2.80. The van der Waals surface area contributed by atoms with Crippen LogP contribution in [-0.2, 0) is 9.53 Å². The van der Waals surface area contributed by atoms with E-state index in [9.17, 15) is 4.79 Å². The Bertz CT molecular complexity index is 1120. The van der Waals surface area contributed by atoms with Crippen molar-refractivity contribution in [3.05, 3.63) is 36.7 Å². The summed E-state index contributed by atoms with van der Waals surface area (Å²) in [6.45, 7) is 2.74. The lowest BCUT2D eigenvalue weighted by Gasteiger charge is -2.28. The first-order valence-electron chi connectivity index (χ1n) is 9.77. The van der Waals surface area contributed by atoms with Gasteiger partial charge >= 0.3 is 0 Å². The summed E-state index contributed by atoms with van der Waals surface area (Å²) in [5, 5.41) is 6.00. The second kappa shape index (κ2) is 8.03. The molecule has 11 heteroatoms. The number of nitrogens with one attached hydrogen (secondary N) is 2. The number of hydrogen-bond acceptors (Lipinski definition) is 10. The first-order valence-corrected chi connectivity index (χ1v) is 9.77. The number of aromatic nitrogens is 4. The number of benzene rings is 1. The van der Waals surface area contributed by atoms with Crippen LogP contribution in [0.1, 0.15) is 0 Å². The molecule has 31 heavy (non-hydrogen) atoms. The number of ether oxygens (including phenoxy) is 2. The minimum absolute atomic E-state index is 0.0131. The third-order valence-corrected chi connectivity index (χ3v) is 4.89. The zero-order valence-electron chi connectivity index (χ0n) is 16.5. The molecule has 1 amide bonds. The van der Waals surface area contributed by atoms with E-state index < -0.39 is 0 Å². The van der Waals surface area contributed by atoms with Crippen LogP contribution in [0.3, 0.4) is 0 Å². The van der Waals surface area contributed by atoms with Crippen molar-refractivity contribution in [2.24, 2.45) is 0 Å². The molecule has 2 aliphatic rings. The monoisotopic (exact) mass is 420 g/mol. The molecule has 2 aromatic heterocycles. The minimum atomic E-state index is -0.176. The van der Waals surface area contributed by atoms with Gasteiger partial charge in [-0.15, -0.1) is 0 Å². The molecule has 5 rings (SSSR count). The van der Waals surface area contributed by atoms with Crippen molar-refractivity contribution in [3.63, 3.8) is 0 Å². The van der Waals surface area contributed by atoms with Crippen molar-refractivity contribution in [1.82, 2.24) is 19.9 Å². The molecule has 1 fully saturated rings. The quantitative estimate of drug-likeness (QED) is 0.567. The van der Waals surface area contributed by atoms with Crippen molar-refractivity contribution < 1.29 is 14.3 Å². The number of morpholine rings is 1. The van der Waals surface area contributed by atoms with Crippen LogP contribution in [0.5, 0.6) is 5.75 Å². The molecule has 0 atom stereocenters. The van der Waals surface area contributed by atoms with Gasteiger partial charge in [0.25, 0.3) is 5.91 Å². The molecule has 1 aromatic carbocycles. The summed E-state index contributed by atoms with van der Waals surface area (Å²) in [6.07, 6.45) is 3.26. The van der Waals surface area contributed by atoms with Crippen LogP contribution in [0.4, 0.5) is 29.1 Å². The smallest absolute Gasteiger partial charge is 0.262 e. The molecular weight excluding hydrogens is 400 g/mol. The predicted octanol–water partition coefficient (Wildman–Crippen LogP) is 1.43. The summed E-state index contributed by atoms with van der Waals surface area (Å²) in [5.74, 6) is 1.79. The molecule has 0 radical (unpaired) electrons. The van der Waals surface area contributed by atoms with Crippen molar-refractivity contribution in [1.29, 1.82) is 0 Å². The van der Waals surface area contributed by atoms with E-state index in [1.807, 2.05) is 12.1 Å². The summed E-state index contributed by atoms with van der Waals surface area (Å²) in [7, 11) is 0. The van der Waals surface area contributed by atoms with Gasteiger partial charge in [0.2, 0.25) is 11.9 Å². The van der Waals surface area contributed by atoms with Crippen molar-refractivity contribution in [2.45, 2.75) is 0 Å². The van der Waals surface area contributed by atoms with Crippen molar-refractivity contribution in [3.8, 4) is 17.0 Å². The van der Waals surface area contributed by atoms with E-state index in [-0.39, 0.29) is 18.5 Å². The van der Waals surface area contributed by atoms with E-state index in [1.165, 1.54) is 0 Å². The Hall–Kier alpha value is -3.99. The van der Waals surface area contributed by atoms with Gasteiger partial charge in [0.15, 0.2) is 6.61 Å². The first kappa shape index (κ1) is 19.0. The maximum absolute atomic E-state index is 11.5. The Morgan fingerprint density at radius 2 is 1.90 bits per heavy atom. The summed E-state index contributed by atoms with van der Waals surface area (Å²) in [5.41, 5.74) is 8.37. The molecule has 4 N–H and O–H groups in total. The standard InChI is InChI=1S/C20H20N8O3/c21-19-22-9-12(10-23-19)15-8-17(28-3-5-30-6-4-28)27-20(26-15)24-13-1-2-14-16(7-13)31-11-18(29)25-14/h1-2,7-10H,3-6,11H2,(H,25,29)(H2,21,22,23)(H,24,26,27). The second-order valence-electron chi connectivity index (χ2n) is 7.04. The summed E-state index contributed by atoms with van der Waals surface area (Å²) in [6, 6.07) is 7.29. The number of nitrogens with zero attached hydrogens (tertiary/aromatic N) is 5. The highest BCUT2D eigenvalue weighted by molar-refractivity contribution is 5.95. The van der Waals surface area contributed by atoms with Gasteiger partial charge in [0.1, 0.15) is 11.6 Å². The maximum Gasteiger partial charge on any atom is 0.262 e. The largest absolute Gasteiger partial charge is 0.482 e. The molecular formula is C20H20N8O3. The lowest BCUT2D eigenvalue weighted by molar-refractivity contribution is -0.118. The third-order valence-electron chi connectivity index (χ3n) is 4.89. The van der Waals surface area contributed by atoms with Crippen LogP contribution in [0, 0.1) is 0 Å². The molecule has 3 aromatic rings.